The molecule has 2 aromatic heterocycles. The van der Waals surface area contributed by atoms with Gasteiger partial charge in [-0.25, -0.2) is 20.3 Å². The molecule has 2 N–H and O–H groups in total. The van der Waals surface area contributed by atoms with E-state index in [9.17, 15) is 0 Å². The van der Waals surface area contributed by atoms with Crippen molar-refractivity contribution in [2.24, 2.45) is 4.99 Å². The molecule has 1 aliphatic rings. The average molecular weight is 231 g/mol. The molecule has 16 heavy (non-hydrogen) atoms. The van der Waals surface area contributed by atoms with Gasteiger partial charge in [0.15, 0.2) is 5.82 Å². The highest BCUT2D eigenvalue weighted by Crippen LogP contribution is 2.37. The monoisotopic (exact) mass is 231 g/mol. The fourth-order valence-electron chi connectivity index (χ4n) is 1.42. The predicted octanol–water partition coefficient (Wildman–Crippen LogP) is 1.40. The topological polar surface area (TPSA) is 91.1 Å². The van der Waals surface area contributed by atoms with Gasteiger partial charge in [0.25, 0.3) is 0 Å². The van der Waals surface area contributed by atoms with Gasteiger partial charge in [0, 0.05) is 11.1 Å². The van der Waals surface area contributed by atoms with Gasteiger partial charge in [0.1, 0.15) is 22.7 Å². The van der Waals surface area contributed by atoms with Gasteiger partial charge in [-0.15, -0.1) is 11.3 Å². The molecule has 1 radical (unpaired) electrons. The second kappa shape index (κ2) is 3.24. The lowest BCUT2D eigenvalue weighted by Crippen LogP contribution is -1.99. The Morgan fingerprint density at radius 3 is 2.88 bits per heavy atom. The van der Waals surface area contributed by atoms with Gasteiger partial charge in [-0.3, -0.25) is 0 Å². The smallest absolute Gasteiger partial charge is 0.222 e. The summed E-state index contributed by atoms with van der Waals surface area (Å²) in [6.07, 6.45) is 1.45. The number of aliphatic imine (C=N–C) groups is 1. The molecule has 2 aromatic rings. The van der Waals surface area contributed by atoms with Gasteiger partial charge in [-0.1, -0.05) is 0 Å². The molecule has 0 unspecified atom stereocenters. The summed E-state index contributed by atoms with van der Waals surface area (Å²) in [5, 5.41) is 6.75. The Labute approximate surface area is 95.3 Å². The number of thiazole rings is 1. The van der Waals surface area contributed by atoms with E-state index in [0.717, 1.165) is 10.7 Å². The number of hydrogen-bond acceptors (Lipinski definition) is 6. The first-order valence-corrected chi connectivity index (χ1v) is 5.45. The molecule has 0 fully saturated rings. The van der Waals surface area contributed by atoms with E-state index in [1.54, 1.807) is 0 Å². The highest BCUT2D eigenvalue weighted by Gasteiger charge is 2.20. The lowest BCUT2D eigenvalue weighted by atomic mass is 10.3. The molecule has 0 amide bonds. The van der Waals surface area contributed by atoms with Crippen molar-refractivity contribution in [1.82, 2.24) is 20.3 Å². The average Bonchev–Trinajstić information content (AvgIpc) is 2.84. The van der Waals surface area contributed by atoms with Crippen LogP contribution in [-0.2, 0) is 0 Å². The fourth-order valence-corrected chi connectivity index (χ4v) is 2.21. The summed E-state index contributed by atoms with van der Waals surface area (Å²) in [7, 11) is 0. The molecule has 6 nitrogen and oxygen atoms in total. The Morgan fingerprint density at radius 1 is 1.25 bits per heavy atom. The lowest BCUT2D eigenvalue weighted by molar-refractivity contribution is 1.13. The van der Waals surface area contributed by atoms with Crippen molar-refractivity contribution in [3.05, 3.63) is 11.1 Å². The molecule has 0 atom stereocenters. The van der Waals surface area contributed by atoms with E-state index in [1.807, 2.05) is 12.3 Å². The van der Waals surface area contributed by atoms with Crippen molar-refractivity contribution in [2.45, 2.75) is 6.92 Å². The number of aromatic nitrogens is 3. The van der Waals surface area contributed by atoms with Gasteiger partial charge in [0.05, 0.1) is 0 Å². The lowest BCUT2D eigenvalue weighted by Gasteiger charge is -2.02. The SMILES string of the molecule is Cc1csc(-c2nc(N)nc3c2N=C[N]3)n1. The molecular formula is C9H7N6S. The van der Waals surface area contributed by atoms with E-state index in [2.05, 4.69) is 25.3 Å². The van der Waals surface area contributed by atoms with Crippen LogP contribution in [-0.4, -0.2) is 21.3 Å². The van der Waals surface area contributed by atoms with E-state index in [4.69, 9.17) is 5.73 Å². The Bertz CT molecular complexity index is 588. The van der Waals surface area contributed by atoms with Crippen molar-refractivity contribution >= 4 is 35.1 Å². The van der Waals surface area contributed by atoms with Gasteiger partial charge in [-0.2, -0.15) is 4.98 Å². The first-order chi connectivity index (χ1) is 7.74. The van der Waals surface area contributed by atoms with Crippen LogP contribution in [0.5, 0.6) is 0 Å². The van der Waals surface area contributed by atoms with Crippen LogP contribution in [0, 0.1) is 6.92 Å². The molecule has 3 rings (SSSR count). The van der Waals surface area contributed by atoms with Crippen LogP contribution >= 0.6 is 11.3 Å². The summed E-state index contributed by atoms with van der Waals surface area (Å²) >= 11 is 1.50. The van der Waals surface area contributed by atoms with Crippen molar-refractivity contribution in [2.75, 3.05) is 5.73 Å². The van der Waals surface area contributed by atoms with Crippen LogP contribution in [0.2, 0.25) is 0 Å². The van der Waals surface area contributed by atoms with Crippen LogP contribution in [0.25, 0.3) is 10.7 Å². The third-order valence-corrected chi connectivity index (χ3v) is 3.04. The normalized spacial score (nSPS) is 12.6. The van der Waals surface area contributed by atoms with Gasteiger partial charge >= 0.3 is 0 Å². The van der Waals surface area contributed by atoms with E-state index in [0.29, 0.717) is 17.2 Å². The summed E-state index contributed by atoms with van der Waals surface area (Å²) in [5.74, 6) is 0.700. The summed E-state index contributed by atoms with van der Waals surface area (Å²) in [4.78, 5) is 16.6. The van der Waals surface area contributed by atoms with E-state index in [-0.39, 0.29) is 5.95 Å². The van der Waals surface area contributed by atoms with Crippen molar-refractivity contribution < 1.29 is 0 Å². The zero-order valence-corrected chi connectivity index (χ0v) is 9.19. The minimum Gasteiger partial charge on any atom is -0.368 e. The maximum absolute atomic E-state index is 5.61. The highest BCUT2D eigenvalue weighted by atomic mass is 32.1. The van der Waals surface area contributed by atoms with Crippen LogP contribution in [0.1, 0.15) is 5.69 Å². The molecule has 79 valence electrons. The maximum atomic E-state index is 5.61. The number of nitrogen functional groups attached to an aromatic ring is 1. The van der Waals surface area contributed by atoms with Gasteiger partial charge in [0.2, 0.25) is 5.95 Å². The molecule has 0 saturated carbocycles. The number of hydrogen-bond donors (Lipinski definition) is 1. The minimum absolute atomic E-state index is 0.191. The number of anilines is 1. The minimum atomic E-state index is 0.191. The second-order valence-corrected chi connectivity index (χ2v) is 4.13. The van der Waals surface area contributed by atoms with Crippen molar-refractivity contribution in [1.29, 1.82) is 0 Å². The van der Waals surface area contributed by atoms with Crippen molar-refractivity contribution in [3.8, 4) is 10.7 Å². The molecule has 0 bridgehead atoms. The second-order valence-electron chi connectivity index (χ2n) is 3.27. The van der Waals surface area contributed by atoms with Gasteiger partial charge in [-0.05, 0) is 6.92 Å². The van der Waals surface area contributed by atoms with Crippen LogP contribution < -0.4 is 11.1 Å². The Balaban J connectivity index is 2.24. The molecule has 0 aromatic carbocycles. The quantitative estimate of drug-likeness (QED) is 0.803. The molecule has 0 saturated heterocycles. The largest absolute Gasteiger partial charge is 0.368 e. The number of aryl methyl sites for hydroxylation is 1. The highest BCUT2D eigenvalue weighted by molar-refractivity contribution is 7.13. The molecule has 1 aliphatic heterocycles. The fraction of sp³-hybridized carbons (Fsp3) is 0.111. The first-order valence-electron chi connectivity index (χ1n) is 4.57. The molecule has 0 aliphatic carbocycles. The molecular weight excluding hydrogens is 224 g/mol. The summed E-state index contributed by atoms with van der Waals surface area (Å²) in [6.45, 7) is 1.93. The number of nitrogens with two attached hydrogens (primary N) is 1. The summed E-state index contributed by atoms with van der Waals surface area (Å²) < 4.78 is 0. The third kappa shape index (κ3) is 1.33. The number of rotatable bonds is 1. The third-order valence-electron chi connectivity index (χ3n) is 2.07. The number of fused-ring (bicyclic) bond motifs is 1. The molecule has 7 heteroatoms. The van der Waals surface area contributed by atoms with E-state index >= 15 is 0 Å². The maximum Gasteiger partial charge on any atom is 0.222 e. The molecule has 3 heterocycles. The van der Waals surface area contributed by atoms with Crippen LogP contribution in [0.15, 0.2) is 10.4 Å². The Hall–Kier alpha value is -2.02. The van der Waals surface area contributed by atoms with E-state index < -0.39 is 0 Å². The first kappa shape index (κ1) is 9.22. The predicted molar refractivity (Wildman–Crippen MR) is 62.2 cm³/mol. The van der Waals surface area contributed by atoms with Crippen LogP contribution in [0.3, 0.4) is 0 Å². The van der Waals surface area contributed by atoms with E-state index in [1.165, 1.54) is 17.7 Å². The summed E-state index contributed by atoms with van der Waals surface area (Å²) in [6, 6.07) is 0. The molecule has 0 spiro atoms. The zero-order valence-electron chi connectivity index (χ0n) is 8.38. The van der Waals surface area contributed by atoms with Crippen LogP contribution in [0.4, 0.5) is 17.5 Å². The standard InChI is InChI=1S/C9H7N6S/c1-4-2-16-8(13-4)6-5-7(12-3-11-5)15-9(10)14-6/h2-3H,1H3,(H2,10,14,15). The zero-order chi connectivity index (χ0) is 11.1. The Morgan fingerprint density at radius 2 is 2.12 bits per heavy atom. The Kier molecular flexibility index (Phi) is 1.87. The van der Waals surface area contributed by atoms with Gasteiger partial charge < -0.3 is 5.73 Å². The van der Waals surface area contributed by atoms with Crippen molar-refractivity contribution in [3.63, 3.8) is 0 Å². The number of nitrogens with zero attached hydrogens (tertiary/aromatic N) is 5. The summed E-state index contributed by atoms with van der Waals surface area (Å²) in [5.41, 5.74) is 7.86.